The van der Waals surface area contributed by atoms with Crippen LogP contribution >= 0.6 is 0 Å². The Morgan fingerprint density at radius 1 is 1.08 bits per heavy atom. The number of ether oxygens (including phenoxy) is 1. The molecular weight excluding hydrogens is 300 g/mol. The number of rotatable bonds is 10. The number of aliphatic imine (C=N–C) groups is 1. The van der Waals surface area contributed by atoms with Crippen molar-refractivity contribution in [3.05, 3.63) is 0 Å². The molecule has 0 atom stereocenters. The molecule has 0 spiro atoms. The zero-order chi connectivity index (χ0) is 17.1. The molecule has 2 N–H and O–H groups in total. The number of nitrogens with zero attached hydrogens (tertiary/aromatic N) is 2. The zero-order valence-electron chi connectivity index (χ0n) is 15.9. The number of hydrogen-bond donors (Lipinski definition) is 2. The molecular formula is C19H38N4O. The van der Waals surface area contributed by atoms with Crippen molar-refractivity contribution in [2.45, 2.75) is 57.8 Å². The molecule has 1 aliphatic carbocycles. The number of methoxy groups -OCH3 is 1. The first-order valence-corrected chi connectivity index (χ1v) is 9.94. The second-order valence-corrected chi connectivity index (χ2v) is 7.56. The number of hydrogen-bond acceptors (Lipinski definition) is 3. The van der Waals surface area contributed by atoms with Gasteiger partial charge in [0.2, 0.25) is 0 Å². The highest BCUT2D eigenvalue weighted by Gasteiger charge is 2.33. The molecule has 0 aromatic carbocycles. The number of unbranched alkanes of at least 4 members (excludes halogenated alkanes) is 1. The molecule has 2 aliphatic rings. The Morgan fingerprint density at radius 3 is 2.50 bits per heavy atom. The molecule has 0 bridgehead atoms. The summed E-state index contributed by atoms with van der Waals surface area (Å²) in [4.78, 5) is 6.98. The van der Waals surface area contributed by atoms with Gasteiger partial charge in [-0.2, -0.15) is 0 Å². The monoisotopic (exact) mass is 338 g/mol. The molecule has 2 fully saturated rings. The zero-order valence-corrected chi connectivity index (χ0v) is 15.9. The molecule has 140 valence electrons. The van der Waals surface area contributed by atoms with Gasteiger partial charge in [-0.25, -0.2) is 0 Å². The van der Waals surface area contributed by atoms with Gasteiger partial charge in [-0.1, -0.05) is 12.8 Å². The van der Waals surface area contributed by atoms with Gasteiger partial charge in [0, 0.05) is 33.9 Å². The Labute approximate surface area is 148 Å². The van der Waals surface area contributed by atoms with Gasteiger partial charge < -0.3 is 20.3 Å². The summed E-state index contributed by atoms with van der Waals surface area (Å²) in [7, 11) is 3.68. The van der Waals surface area contributed by atoms with Crippen molar-refractivity contribution in [2.24, 2.45) is 10.4 Å². The van der Waals surface area contributed by atoms with Gasteiger partial charge in [0.25, 0.3) is 0 Å². The summed E-state index contributed by atoms with van der Waals surface area (Å²) in [6.45, 7) is 6.76. The van der Waals surface area contributed by atoms with E-state index in [4.69, 9.17) is 4.74 Å². The van der Waals surface area contributed by atoms with Gasteiger partial charge >= 0.3 is 0 Å². The highest BCUT2D eigenvalue weighted by Crippen LogP contribution is 2.40. The molecule has 0 amide bonds. The second kappa shape index (κ2) is 10.9. The number of guanidine groups is 1. The van der Waals surface area contributed by atoms with Crippen LogP contribution in [-0.4, -0.2) is 64.3 Å². The van der Waals surface area contributed by atoms with Crippen LogP contribution < -0.4 is 10.6 Å². The van der Waals surface area contributed by atoms with Gasteiger partial charge in [-0.3, -0.25) is 4.99 Å². The lowest BCUT2D eigenvalue weighted by Crippen LogP contribution is -2.43. The highest BCUT2D eigenvalue weighted by molar-refractivity contribution is 5.79. The van der Waals surface area contributed by atoms with Crippen LogP contribution in [0.5, 0.6) is 0 Å². The maximum Gasteiger partial charge on any atom is 0.190 e. The quantitative estimate of drug-likeness (QED) is 0.365. The fourth-order valence-corrected chi connectivity index (χ4v) is 4.12. The maximum absolute atomic E-state index is 5.32. The lowest BCUT2D eigenvalue weighted by molar-refractivity contribution is 0.138. The van der Waals surface area contributed by atoms with Crippen molar-refractivity contribution in [1.82, 2.24) is 15.5 Å². The SMILES string of the molecule is CN=C(NCCCCN1CCCC1)NCC1(CCOC)CCCC1. The van der Waals surface area contributed by atoms with Gasteiger partial charge in [0.1, 0.15) is 0 Å². The van der Waals surface area contributed by atoms with E-state index in [1.165, 1.54) is 71.0 Å². The van der Waals surface area contributed by atoms with Crippen molar-refractivity contribution >= 4 is 5.96 Å². The topological polar surface area (TPSA) is 48.9 Å². The third-order valence-corrected chi connectivity index (χ3v) is 5.75. The Bertz CT molecular complexity index is 360. The smallest absolute Gasteiger partial charge is 0.190 e. The van der Waals surface area contributed by atoms with E-state index in [9.17, 15) is 0 Å². The summed E-state index contributed by atoms with van der Waals surface area (Å²) in [5.74, 6) is 0.958. The fourth-order valence-electron chi connectivity index (χ4n) is 4.12. The first-order chi connectivity index (χ1) is 11.8. The fraction of sp³-hybridized carbons (Fsp3) is 0.947. The molecule has 0 aromatic heterocycles. The van der Waals surface area contributed by atoms with Crippen LogP contribution in [0.2, 0.25) is 0 Å². The lowest BCUT2D eigenvalue weighted by atomic mass is 9.83. The second-order valence-electron chi connectivity index (χ2n) is 7.56. The molecule has 1 heterocycles. The minimum Gasteiger partial charge on any atom is -0.385 e. The van der Waals surface area contributed by atoms with Gasteiger partial charge in [-0.05, 0) is 70.0 Å². The van der Waals surface area contributed by atoms with Crippen LogP contribution in [0.1, 0.15) is 57.8 Å². The van der Waals surface area contributed by atoms with E-state index in [-0.39, 0.29) is 0 Å². The van der Waals surface area contributed by atoms with Crippen molar-refractivity contribution in [3.63, 3.8) is 0 Å². The molecule has 0 radical (unpaired) electrons. The Balaban J connectivity index is 1.60. The molecule has 0 unspecified atom stereocenters. The Kier molecular flexibility index (Phi) is 8.89. The van der Waals surface area contributed by atoms with Crippen LogP contribution in [-0.2, 0) is 4.74 Å². The van der Waals surface area contributed by atoms with Crippen LogP contribution in [0.25, 0.3) is 0 Å². The molecule has 2 rings (SSSR count). The van der Waals surface area contributed by atoms with E-state index in [1.54, 1.807) is 7.11 Å². The molecule has 1 saturated heterocycles. The molecule has 5 heteroatoms. The Morgan fingerprint density at radius 2 is 1.83 bits per heavy atom. The molecule has 5 nitrogen and oxygen atoms in total. The summed E-state index contributed by atoms with van der Waals surface area (Å²) < 4.78 is 5.32. The highest BCUT2D eigenvalue weighted by atomic mass is 16.5. The first-order valence-electron chi connectivity index (χ1n) is 9.94. The summed E-state index contributed by atoms with van der Waals surface area (Å²) in [6.07, 6.45) is 11.8. The van der Waals surface area contributed by atoms with E-state index in [0.29, 0.717) is 5.41 Å². The van der Waals surface area contributed by atoms with Gasteiger partial charge in [0.15, 0.2) is 5.96 Å². The predicted octanol–water partition coefficient (Wildman–Crippen LogP) is 2.62. The standard InChI is InChI=1S/C19H38N4O/c1-20-18(21-12-5-6-13-23-14-7-8-15-23)22-17-19(11-16-24-2)9-3-4-10-19/h3-17H2,1-2H3,(H2,20,21,22). The van der Waals surface area contributed by atoms with E-state index >= 15 is 0 Å². The van der Waals surface area contributed by atoms with E-state index in [2.05, 4.69) is 20.5 Å². The molecule has 24 heavy (non-hydrogen) atoms. The summed E-state index contributed by atoms with van der Waals surface area (Å²) in [5.41, 5.74) is 0.406. The lowest BCUT2D eigenvalue weighted by Gasteiger charge is -2.30. The minimum atomic E-state index is 0.406. The normalized spacial score (nSPS) is 21.3. The minimum absolute atomic E-state index is 0.406. The average molecular weight is 339 g/mol. The molecule has 1 saturated carbocycles. The largest absolute Gasteiger partial charge is 0.385 e. The number of likely N-dealkylation sites (tertiary alicyclic amines) is 1. The average Bonchev–Trinajstić information content (AvgIpc) is 3.28. The molecule has 0 aromatic rings. The third kappa shape index (κ3) is 6.60. The van der Waals surface area contributed by atoms with Crippen LogP contribution in [0.4, 0.5) is 0 Å². The van der Waals surface area contributed by atoms with E-state index in [1.807, 2.05) is 7.05 Å². The maximum atomic E-state index is 5.32. The number of nitrogens with one attached hydrogen (secondary N) is 2. The van der Waals surface area contributed by atoms with Crippen LogP contribution in [0.15, 0.2) is 4.99 Å². The van der Waals surface area contributed by atoms with Gasteiger partial charge in [-0.15, -0.1) is 0 Å². The summed E-state index contributed by atoms with van der Waals surface area (Å²) in [5, 5.41) is 7.05. The van der Waals surface area contributed by atoms with Gasteiger partial charge in [0.05, 0.1) is 0 Å². The van der Waals surface area contributed by atoms with Crippen LogP contribution in [0.3, 0.4) is 0 Å². The Hall–Kier alpha value is -0.810. The van der Waals surface area contributed by atoms with Crippen LogP contribution in [0, 0.1) is 5.41 Å². The van der Waals surface area contributed by atoms with Crippen molar-refractivity contribution in [1.29, 1.82) is 0 Å². The van der Waals surface area contributed by atoms with Crippen molar-refractivity contribution in [2.75, 3.05) is 53.5 Å². The first kappa shape index (κ1) is 19.5. The summed E-state index contributed by atoms with van der Waals surface area (Å²) in [6, 6.07) is 0. The predicted molar refractivity (Wildman–Crippen MR) is 102 cm³/mol. The van der Waals surface area contributed by atoms with E-state index in [0.717, 1.165) is 32.1 Å². The van der Waals surface area contributed by atoms with E-state index < -0.39 is 0 Å². The van der Waals surface area contributed by atoms with Crippen molar-refractivity contribution < 1.29 is 4.74 Å². The summed E-state index contributed by atoms with van der Waals surface area (Å²) >= 11 is 0. The molecule has 1 aliphatic heterocycles. The third-order valence-electron chi connectivity index (χ3n) is 5.75. The van der Waals surface area contributed by atoms with Crippen molar-refractivity contribution in [3.8, 4) is 0 Å².